The number of hydrogen-bond donors (Lipinski definition) is 2. The molecule has 1 aliphatic rings. The highest BCUT2D eigenvalue weighted by molar-refractivity contribution is 6.07. The highest BCUT2D eigenvalue weighted by atomic mass is 19.1. The van der Waals surface area contributed by atoms with Crippen molar-refractivity contribution < 1.29 is 18.7 Å². The number of aliphatic hydroxyl groups is 1. The largest absolute Gasteiger partial charge is 0.391 e. The van der Waals surface area contributed by atoms with Crippen molar-refractivity contribution in [3.63, 3.8) is 0 Å². The van der Waals surface area contributed by atoms with E-state index in [1.807, 2.05) is 25.4 Å². The predicted octanol–water partition coefficient (Wildman–Crippen LogP) is 3.80. The van der Waals surface area contributed by atoms with E-state index in [1.54, 1.807) is 21.6 Å². The number of halogens is 2. The number of rotatable bonds is 5. The number of aromatic nitrogens is 4. The first-order valence-corrected chi connectivity index (χ1v) is 11.3. The lowest BCUT2D eigenvalue weighted by Crippen LogP contribution is -2.45. The molecule has 0 bridgehead atoms. The smallest absolute Gasteiger partial charge is 0.253 e. The molecule has 0 spiro atoms. The molecule has 1 aromatic carbocycles. The first-order valence-electron chi connectivity index (χ1n) is 11.3. The molecule has 2 atom stereocenters. The minimum Gasteiger partial charge on any atom is -0.391 e. The third-order valence-electron chi connectivity index (χ3n) is 6.37. The molecular formula is C25H25F2N5O2. The van der Waals surface area contributed by atoms with Crippen LogP contribution >= 0.6 is 0 Å². The summed E-state index contributed by atoms with van der Waals surface area (Å²) in [5.74, 6) is -2.00. The molecule has 34 heavy (non-hydrogen) atoms. The molecule has 1 fully saturated rings. The highest BCUT2D eigenvalue weighted by Crippen LogP contribution is 2.28. The summed E-state index contributed by atoms with van der Waals surface area (Å²) in [5, 5.41) is 17.3. The number of carbonyl (C=O) groups excluding carboxylic acids is 1. The minimum absolute atomic E-state index is 0.0594. The Labute approximate surface area is 195 Å². The van der Waals surface area contributed by atoms with Crippen LogP contribution in [0, 0.1) is 11.6 Å². The molecule has 176 valence electrons. The molecule has 0 radical (unpaired) electrons. The zero-order valence-corrected chi connectivity index (χ0v) is 18.7. The molecule has 0 unspecified atom stereocenters. The van der Waals surface area contributed by atoms with Crippen molar-refractivity contribution in [2.75, 3.05) is 0 Å². The number of hydrogen-bond acceptors (Lipinski definition) is 4. The molecule has 3 aromatic heterocycles. The first kappa shape index (κ1) is 22.2. The molecule has 7 nitrogen and oxygen atoms in total. The summed E-state index contributed by atoms with van der Waals surface area (Å²) in [5.41, 5.74) is 2.85. The van der Waals surface area contributed by atoms with Gasteiger partial charge < -0.3 is 15.0 Å². The van der Waals surface area contributed by atoms with Gasteiger partial charge in [-0.1, -0.05) is 18.9 Å². The van der Waals surface area contributed by atoms with Crippen molar-refractivity contribution in [3.8, 4) is 11.3 Å². The summed E-state index contributed by atoms with van der Waals surface area (Å²) in [6, 6.07) is 5.37. The van der Waals surface area contributed by atoms with Crippen molar-refractivity contribution in [1.82, 2.24) is 24.6 Å². The third-order valence-corrected chi connectivity index (χ3v) is 6.37. The monoisotopic (exact) mass is 465 g/mol. The normalized spacial score (nSPS) is 18.4. The van der Waals surface area contributed by atoms with Crippen LogP contribution in [-0.2, 0) is 13.6 Å². The lowest BCUT2D eigenvalue weighted by Gasteiger charge is -2.28. The lowest BCUT2D eigenvalue weighted by atomic mass is 9.92. The summed E-state index contributed by atoms with van der Waals surface area (Å²) in [6.45, 7) is 0.277. The van der Waals surface area contributed by atoms with Gasteiger partial charge in [0, 0.05) is 49.2 Å². The van der Waals surface area contributed by atoms with Crippen molar-refractivity contribution in [3.05, 3.63) is 71.8 Å². The average Bonchev–Trinajstić information content (AvgIpc) is 3.40. The fraction of sp³-hybridized carbons (Fsp3) is 0.320. The number of nitrogens with one attached hydrogen (secondary N) is 1. The number of pyridine rings is 1. The maximum absolute atomic E-state index is 14.8. The second-order valence-electron chi connectivity index (χ2n) is 8.84. The summed E-state index contributed by atoms with van der Waals surface area (Å²) in [7, 11) is 1.83. The van der Waals surface area contributed by atoms with Gasteiger partial charge in [-0.3, -0.25) is 14.5 Å². The van der Waals surface area contributed by atoms with Gasteiger partial charge in [-0.2, -0.15) is 5.10 Å². The van der Waals surface area contributed by atoms with Gasteiger partial charge in [0.05, 0.1) is 35.1 Å². The first-order chi connectivity index (χ1) is 16.4. The number of aliphatic hydroxyl groups excluding tert-OH is 1. The average molecular weight is 466 g/mol. The predicted molar refractivity (Wildman–Crippen MR) is 123 cm³/mol. The Kier molecular flexibility index (Phi) is 5.87. The maximum atomic E-state index is 14.8. The van der Waals surface area contributed by atoms with Crippen molar-refractivity contribution in [2.45, 2.75) is 44.4 Å². The van der Waals surface area contributed by atoms with Crippen LogP contribution < -0.4 is 5.32 Å². The fourth-order valence-corrected chi connectivity index (χ4v) is 4.61. The second-order valence-corrected chi connectivity index (χ2v) is 8.84. The van der Waals surface area contributed by atoms with Crippen LogP contribution in [0.2, 0.25) is 0 Å². The number of fused-ring (bicyclic) bond motifs is 1. The summed E-state index contributed by atoms with van der Waals surface area (Å²) in [4.78, 5) is 17.5. The van der Waals surface area contributed by atoms with Crippen LogP contribution in [0.4, 0.5) is 8.78 Å². The van der Waals surface area contributed by atoms with E-state index >= 15 is 0 Å². The number of aryl methyl sites for hydroxylation is 1. The lowest BCUT2D eigenvalue weighted by molar-refractivity contribution is 0.0718. The molecular weight excluding hydrogens is 440 g/mol. The Morgan fingerprint density at radius 2 is 2.00 bits per heavy atom. The van der Waals surface area contributed by atoms with E-state index in [0.717, 1.165) is 35.7 Å². The molecule has 5 rings (SSSR count). The molecule has 0 saturated heterocycles. The van der Waals surface area contributed by atoms with Gasteiger partial charge in [-0.25, -0.2) is 8.78 Å². The molecule has 4 aromatic rings. The van der Waals surface area contributed by atoms with Crippen LogP contribution in [0.15, 0.2) is 49.1 Å². The fourth-order valence-electron chi connectivity index (χ4n) is 4.61. The summed E-state index contributed by atoms with van der Waals surface area (Å²) in [6.07, 6.45) is 9.29. The van der Waals surface area contributed by atoms with Crippen molar-refractivity contribution in [2.24, 2.45) is 7.05 Å². The molecule has 3 heterocycles. The summed E-state index contributed by atoms with van der Waals surface area (Å²) >= 11 is 0. The zero-order valence-electron chi connectivity index (χ0n) is 18.7. The van der Waals surface area contributed by atoms with Crippen LogP contribution in [0.25, 0.3) is 22.2 Å². The van der Waals surface area contributed by atoms with Gasteiger partial charge in [0.1, 0.15) is 11.6 Å². The SMILES string of the molecule is Cn1cc(-c2ccc(Cn3cc(C(=O)N[C@H]4CCCC[C@@H]4O)c4c(F)cc(F)cc43)cn2)cn1. The zero-order chi connectivity index (χ0) is 23.8. The van der Waals surface area contributed by atoms with E-state index in [-0.39, 0.29) is 29.1 Å². The van der Waals surface area contributed by atoms with Gasteiger partial charge in [0.15, 0.2) is 0 Å². The van der Waals surface area contributed by atoms with Crippen LogP contribution in [0.5, 0.6) is 0 Å². The van der Waals surface area contributed by atoms with E-state index in [9.17, 15) is 18.7 Å². The second kappa shape index (κ2) is 8.98. The van der Waals surface area contributed by atoms with Crippen LogP contribution in [0.1, 0.15) is 41.6 Å². The Hall–Kier alpha value is -3.59. The van der Waals surface area contributed by atoms with Crippen LogP contribution in [0.3, 0.4) is 0 Å². The minimum atomic E-state index is -0.798. The van der Waals surface area contributed by atoms with Gasteiger partial charge >= 0.3 is 0 Å². The van der Waals surface area contributed by atoms with E-state index in [2.05, 4.69) is 15.4 Å². The molecule has 9 heteroatoms. The Morgan fingerprint density at radius 3 is 2.71 bits per heavy atom. The highest BCUT2D eigenvalue weighted by Gasteiger charge is 2.27. The Bertz CT molecular complexity index is 1350. The molecule has 2 N–H and O–H groups in total. The van der Waals surface area contributed by atoms with Crippen molar-refractivity contribution in [1.29, 1.82) is 0 Å². The number of amides is 1. The topological polar surface area (TPSA) is 85.0 Å². The Balaban J connectivity index is 1.46. The van der Waals surface area contributed by atoms with Gasteiger partial charge in [0.2, 0.25) is 0 Å². The maximum Gasteiger partial charge on any atom is 0.253 e. The van der Waals surface area contributed by atoms with Crippen LogP contribution in [-0.4, -0.2) is 42.5 Å². The quantitative estimate of drug-likeness (QED) is 0.470. The molecule has 1 aliphatic carbocycles. The van der Waals surface area contributed by atoms with Gasteiger partial charge in [-0.05, 0) is 30.5 Å². The molecule has 1 amide bonds. The number of carbonyl (C=O) groups is 1. The van der Waals surface area contributed by atoms with Gasteiger partial charge in [0.25, 0.3) is 5.91 Å². The van der Waals surface area contributed by atoms with E-state index in [4.69, 9.17) is 0 Å². The van der Waals surface area contributed by atoms with E-state index < -0.39 is 23.6 Å². The Morgan fingerprint density at radius 1 is 1.18 bits per heavy atom. The standard InChI is InChI=1S/C25H25F2N5O2/c1-31-13-16(11-29-31)20-7-6-15(10-28-20)12-32-14-18(24-19(27)8-17(26)9-22(24)32)25(34)30-21-4-2-3-5-23(21)33/h6-11,13-14,21,23,33H,2-5,12H2,1H3,(H,30,34)/t21-,23-/m0/s1. The number of nitrogens with zero attached hydrogens (tertiary/aromatic N) is 4. The molecule has 1 saturated carbocycles. The van der Waals surface area contributed by atoms with E-state index in [0.29, 0.717) is 12.8 Å². The molecule has 0 aliphatic heterocycles. The van der Waals surface area contributed by atoms with E-state index in [1.165, 1.54) is 12.3 Å². The van der Waals surface area contributed by atoms with Crippen molar-refractivity contribution >= 4 is 16.8 Å². The third kappa shape index (κ3) is 4.31. The van der Waals surface area contributed by atoms with Gasteiger partial charge in [-0.15, -0.1) is 0 Å². The number of benzene rings is 1. The summed E-state index contributed by atoms with van der Waals surface area (Å²) < 4.78 is 32.2.